The summed E-state index contributed by atoms with van der Waals surface area (Å²) in [6.45, 7) is -0.448. The Bertz CT molecular complexity index is 959. The molecule has 0 saturated carbocycles. The third-order valence-corrected chi connectivity index (χ3v) is 4.97. The maximum absolute atomic E-state index is 12.2. The van der Waals surface area contributed by atoms with Crippen molar-refractivity contribution in [2.45, 2.75) is 24.8 Å². The van der Waals surface area contributed by atoms with Gasteiger partial charge in [-0.1, -0.05) is 48.5 Å². The third kappa shape index (κ3) is 5.26. The van der Waals surface area contributed by atoms with E-state index in [-0.39, 0.29) is 18.9 Å². The van der Waals surface area contributed by atoms with Gasteiger partial charge >= 0.3 is 18.1 Å². The predicted octanol–water partition coefficient (Wildman–Crippen LogP) is 1.79. The number of nitrogens with one attached hydrogen (secondary N) is 1. The van der Waals surface area contributed by atoms with Crippen LogP contribution in [0.2, 0.25) is 0 Å². The predicted molar refractivity (Wildman–Crippen MR) is 109 cm³/mol. The van der Waals surface area contributed by atoms with Gasteiger partial charge in [0.15, 0.2) is 0 Å². The molecule has 2 aromatic rings. The molecular weight excluding hydrogens is 404 g/mol. The summed E-state index contributed by atoms with van der Waals surface area (Å²) in [6, 6.07) is 14.2. The summed E-state index contributed by atoms with van der Waals surface area (Å²) >= 11 is 0. The van der Waals surface area contributed by atoms with Crippen LogP contribution in [0.1, 0.15) is 29.9 Å². The monoisotopic (exact) mass is 426 g/mol. The molecule has 1 atom stereocenters. The maximum atomic E-state index is 12.2. The Hall–Kier alpha value is -3.72. The molecular formula is C22H22N2O7. The number of carbonyl (C=O) groups excluding carboxylic acids is 3. The van der Waals surface area contributed by atoms with Crippen molar-refractivity contribution in [3.63, 3.8) is 0 Å². The van der Waals surface area contributed by atoms with E-state index in [9.17, 15) is 19.2 Å². The van der Waals surface area contributed by atoms with Gasteiger partial charge in [-0.05, 0) is 28.7 Å². The summed E-state index contributed by atoms with van der Waals surface area (Å²) in [7, 11) is 0. The van der Waals surface area contributed by atoms with Gasteiger partial charge in [0.25, 0.3) is 0 Å². The van der Waals surface area contributed by atoms with Gasteiger partial charge < -0.3 is 25.6 Å². The second kappa shape index (κ2) is 9.86. The van der Waals surface area contributed by atoms with E-state index in [4.69, 9.17) is 15.6 Å². The lowest BCUT2D eigenvalue weighted by atomic mass is 9.98. The van der Waals surface area contributed by atoms with E-state index in [2.05, 4.69) is 10.1 Å². The minimum atomic E-state index is -1.33. The summed E-state index contributed by atoms with van der Waals surface area (Å²) < 4.78 is 9.86. The fourth-order valence-electron chi connectivity index (χ4n) is 3.54. The third-order valence-electron chi connectivity index (χ3n) is 4.97. The zero-order chi connectivity index (χ0) is 22.4. The molecule has 0 aromatic heterocycles. The van der Waals surface area contributed by atoms with Gasteiger partial charge in [-0.3, -0.25) is 9.59 Å². The van der Waals surface area contributed by atoms with Crippen LogP contribution in [0.25, 0.3) is 11.1 Å². The second-order valence-electron chi connectivity index (χ2n) is 6.97. The molecule has 0 heterocycles. The number of carboxylic acids is 1. The minimum Gasteiger partial charge on any atom is -0.481 e. The molecule has 9 heteroatoms. The Morgan fingerprint density at radius 2 is 1.58 bits per heavy atom. The molecule has 0 fully saturated rings. The molecule has 162 valence electrons. The number of esters is 1. The number of nitrogens with two attached hydrogens (primary N) is 1. The van der Waals surface area contributed by atoms with Crippen molar-refractivity contribution >= 4 is 24.0 Å². The number of ether oxygens (including phenoxy) is 2. The van der Waals surface area contributed by atoms with Gasteiger partial charge in [-0.15, -0.1) is 0 Å². The zero-order valence-corrected chi connectivity index (χ0v) is 16.6. The highest BCUT2D eigenvalue weighted by Gasteiger charge is 2.30. The van der Waals surface area contributed by atoms with Crippen molar-refractivity contribution < 1.29 is 33.8 Å². The first-order valence-corrected chi connectivity index (χ1v) is 9.68. The summed E-state index contributed by atoms with van der Waals surface area (Å²) in [5, 5.41) is 11.0. The van der Waals surface area contributed by atoms with E-state index < -0.39 is 43.0 Å². The molecule has 1 unspecified atom stereocenters. The summed E-state index contributed by atoms with van der Waals surface area (Å²) in [5.41, 5.74) is 9.30. The number of carboxylic acid groups (broad SMARTS) is 1. The van der Waals surface area contributed by atoms with Gasteiger partial charge in [0.2, 0.25) is 5.91 Å². The maximum Gasteiger partial charge on any atom is 0.516 e. The summed E-state index contributed by atoms with van der Waals surface area (Å²) in [6.07, 6.45) is -1.89. The van der Waals surface area contributed by atoms with Crippen molar-refractivity contribution in [3.8, 4) is 11.1 Å². The van der Waals surface area contributed by atoms with Crippen molar-refractivity contribution in [3.05, 3.63) is 59.7 Å². The van der Waals surface area contributed by atoms with Crippen LogP contribution in [0.15, 0.2) is 48.5 Å². The van der Waals surface area contributed by atoms with E-state index in [1.165, 1.54) is 0 Å². The molecule has 2 aromatic carbocycles. The fraction of sp³-hybridized carbons (Fsp3) is 0.273. The molecule has 1 aliphatic carbocycles. The number of rotatable bonds is 8. The molecule has 0 bridgehead atoms. The van der Waals surface area contributed by atoms with Gasteiger partial charge in [-0.2, -0.15) is 0 Å². The fourth-order valence-corrected chi connectivity index (χ4v) is 3.54. The number of amides is 1. The van der Waals surface area contributed by atoms with Crippen LogP contribution in [0, 0.1) is 0 Å². The van der Waals surface area contributed by atoms with Crippen LogP contribution in [0.5, 0.6) is 0 Å². The lowest BCUT2D eigenvalue weighted by molar-refractivity contribution is -0.145. The summed E-state index contributed by atoms with van der Waals surface area (Å²) in [5.74, 6) is -3.17. The van der Waals surface area contributed by atoms with Crippen LogP contribution in [0.4, 0.5) is 4.79 Å². The van der Waals surface area contributed by atoms with E-state index in [0.717, 1.165) is 22.3 Å². The van der Waals surface area contributed by atoms with Gasteiger partial charge in [0.05, 0.1) is 6.54 Å². The van der Waals surface area contributed by atoms with E-state index in [1.807, 2.05) is 48.5 Å². The summed E-state index contributed by atoms with van der Waals surface area (Å²) in [4.78, 5) is 46.6. The SMILES string of the molecule is NCC(=O)NC(CCC(=O)O)C(=O)OC(=O)OCC1c2ccccc2-c2ccccc21. The van der Waals surface area contributed by atoms with Crippen molar-refractivity contribution in [1.29, 1.82) is 0 Å². The molecule has 0 radical (unpaired) electrons. The van der Waals surface area contributed by atoms with Crippen LogP contribution in [-0.4, -0.2) is 48.3 Å². The lowest BCUT2D eigenvalue weighted by Crippen LogP contribution is -2.45. The van der Waals surface area contributed by atoms with Crippen LogP contribution >= 0.6 is 0 Å². The van der Waals surface area contributed by atoms with Crippen LogP contribution in [-0.2, 0) is 23.9 Å². The number of carbonyl (C=O) groups is 4. The largest absolute Gasteiger partial charge is 0.516 e. The van der Waals surface area contributed by atoms with Crippen LogP contribution in [0.3, 0.4) is 0 Å². The minimum absolute atomic E-state index is 0.0465. The molecule has 3 rings (SSSR count). The molecule has 31 heavy (non-hydrogen) atoms. The Labute approximate surface area is 178 Å². The number of hydrogen-bond acceptors (Lipinski definition) is 7. The smallest absolute Gasteiger partial charge is 0.481 e. The molecule has 0 saturated heterocycles. The molecule has 0 aliphatic heterocycles. The lowest BCUT2D eigenvalue weighted by Gasteiger charge is -2.17. The van der Waals surface area contributed by atoms with E-state index >= 15 is 0 Å². The van der Waals surface area contributed by atoms with Crippen LogP contribution < -0.4 is 11.1 Å². The topological polar surface area (TPSA) is 145 Å². The average molecular weight is 426 g/mol. The normalized spacial score (nSPS) is 12.9. The Morgan fingerprint density at radius 1 is 1.00 bits per heavy atom. The van der Waals surface area contributed by atoms with Crippen molar-refractivity contribution in [2.75, 3.05) is 13.2 Å². The first-order chi connectivity index (χ1) is 14.9. The molecule has 1 amide bonds. The van der Waals surface area contributed by atoms with Gasteiger partial charge in [0, 0.05) is 12.3 Å². The van der Waals surface area contributed by atoms with Gasteiger partial charge in [0.1, 0.15) is 12.6 Å². The Balaban J connectivity index is 1.63. The Kier molecular flexibility index (Phi) is 6.99. The van der Waals surface area contributed by atoms with Gasteiger partial charge in [-0.25, -0.2) is 9.59 Å². The first-order valence-electron chi connectivity index (χ1n) is 9.68. The molecule has 0 spiro atoms. The highest BCUT2D eigenvalue weighted by atomic mass is 16.7. The number of hydrogen-bond donors (Lipinski definition) is 3. The molecule has 1 aliphatic rings. The first kappa shape index (κ1) is 22.0. The Morgan fingerprint density at radius 3 is 2.13 bits per heavy atom. The van der Waals surface area contributed by atoms with E-state index in [0.29, 0.717) is 0 Å². The highest BCUT2D eigenvalue weighted by molar-refractivity contribution is 5.90. The molecule has 9 nitrogen and oxygen atoms in total. The van der Waals surface area contributed by atoms with E-state index in [1.54, 1.807) is 0 Å². The number of aliphatic carboxylic acids is 1. The standard InChI is InChI=1S/C22H22N2O7/c23-11-19(25)24-18(9-10-20(26)27)21(28)31-22(29)30-12-17-15-7-3-1-5-13(15)14-6-2-4-8-16(14)17/h1-8,17-18H,9-12,23H2,(H,24,25)(H,26,27). The molecule has 4 N–H and O–H groups in total. The average Bonchev–Trinajstić information content (AvgIpc) is 3.08. The number of fused-ring (bicyclic) bond motifs is 3. The highest BCUT2D eigenvalue weighted by Crippen LogP contribution is 2.44. The quantitative estimate of drug-likeness (QED) is 0.428. The number of benzene rings is 2. The zero-order valence-electron chi connectivity index (χ0n) is 16.6. The van der Waals surface area contributed by atoms with Crippen molar-refractivity contribution in [2.24, 2.45) is 5.73 Å². The van der Waals surface area contributed by atoms with Crippen molar-refractivity contribution in [1.82, 2.24) is 5.32 Å². The second-order valence-corrected chi connectivity index (χ2v) is 6.97.